The lowest BCUT2D eigenvalue weighted by Gasteiger charge is -1.99. The number of allylic oxidation sites excluding steroid dienone is 1. The Balaban J connectivity index is 3.11. The fraction of sp³-hybridized carbons (Fsp3) is 0.111. The smallest absolute Gasteiger partial charge is 0.365 e. The van der Waals surface area contributed by atoms with Crippen LogP contribution in [0.1, 0.15) is 12.6 Å². The van der Waals surface area contributed by atoms with E-state index in [-0.39, 0.29) is 5.57 Å². The number of pyridine rings is 1. The predicted octanol–water partition coefficient (Wildman–Crippen LogP) is 1.87. The molecule has 0 fully saturated rings. The van der Waals surface area contributed by atoms with E-state index in [2.05, 4.69) is 4.98 Å². The minimum atomic E-state index is -1.57. The summed E-state index contributed by atoms with van der Waals surface area (Å²) in [5.41, 5.74) is 0.371. The monoisotopic (exact) mass is 181 g/mol. The summed E-state index contributed by atoms with van der Waals surface area (Å²) in [4.78, 5) is 14.1. The molecule has 1 aromatic heterocycles. The van der Waals surface area contributed by atoms with E-state index >= 15 is 0 Å². The Hall–Kier alpha value is -1.71. The van der Waals surface area contributed by atoms with Crippen molar-refractivity contribution < 1.29 is 14.3 Å². The van der Waals surface area contributed by atoms with Crippen molar-refractivity contribution in [2.45, 2.75) is 6.92 Å². The maximum atomic E-state index is 12.8. The topological polar surface area (TPSA) is 50.2 Å². The fourth-order valence-corrected chi connectivity index (χ4v) is 0.857. The van der Waals surface area contributed by atoms with E-state index in [4.69, 9.17) is 5.11 Å². The molecule has 1 aromatic rings. The van der Waals surface area contributed by atoms with E-state index in [0.29, 0.717) is 5.69 Å². The van der Waals surface area contributed by atoms with Crippen molar-refractivity contribution >= 4 is 11.5 Å². The Morgan fingerprint density at radius 2 is 2.23 bits per heavy atom. The minimum absolute atomic E-state index is 0.0353. The van der Waals surface area contributed by atoms with Gasteiger partial charge in [0.05, 0.1) is 5.69 Å². The molecule has 0 aliphatic rings. The quantitative estimate of drug-likeness (QED) is 0.708. The van der Waals surface area contributed by atoms with E-state index in [0.717, 1.165) is 0 Å². The largest absolute Gasteiger partial charge is 0.476 e. The SMILES string of the molecule is CC(=C(F)C(=O)O)c1ccccn1. The summed E-state index contributed by atoms with van der Waals surface area (Å²) in [6.45, 7) is 1.38. The van der Waals surface area contributed by atoms with E-state index in [1.165, 1.54) is 13.1 Å². The number of nitrogens with zero attached hydrogens (tertiary/aromatic N) is 1. The van der Waals surface area contributed by atoms with E-state index in [9.17, 15) is 9.18 Å². The van der Waals surface area contributed by atoms with E-state index in [1.807, 2.05) is 0 Å². The first-order chi connectivity index (χ1) is 6.13. The first-order valence-corrected chi connectivity index (χ1v) is 3.64. The summed E-state index contributed by atoms with van der Waals surface area (Å²) in [5, 5.41) is 8.35. The molecular formula is C9H8FNO2. The predicted molar refractivity (Wildman–Crippen MR) is 45.6 cm³/mol. The van der Waals surface area contributed by atoms with Gasteiger partial charge in [0.2, 0.25) is 5.83 Å². The van der Waals surface area contributed by atoms with Crippen molar-refractivity contribution in [3.05, 3.63) is 35.9 Å². The molecular weight excluding hydrogens is 173 g/mol. The second-order valence-corrected chi connectivity index (χ2v) is 2.46. The van der Waals surface area contributed by atoms with Crippen LogP contribution in [0, 0.1) is 0 Å². The Kier molecular flexibility index (Phi) is 2.74. The second kappa shape index (κ2) is 3.80. The molecule has 0 aliphatic heterocycles. The summed E-state index contributed by atoms with van der Waals surface area (Å²) >= 11 is 0. The van der Waals surface area contributed by atoms with Crippen molar-refractivity contribution in [1.29, 1.82) is 0 Å². The van der Waals surface area contributed by atoms with Gasteiger partial charge in [-0.2, -0.15) is 4.39 Å². The average molecular weight is 181 g/mol. The molecule has 0 saturated heterocycles. The summed E-state index contributed by atoms with van der Waals surface area (Å²) in [6.07, 6.45) is 1.48. The molecule has 0 aliphatic carbocycles. The van der Waals surface area contributed by atoms with Crippen molar-refractivity contribution in [3.63, 3.8) is 0 Å². The molecule has 0 aromatic carbocycles. The number of aliphatic carboxylic acids is 1. The average Bonchev–Trinajstić information content (AvgIpc) is 2.17. The van der Waals surface area contributed by atoms with Crippen molar-refractivity contribution in [2.75, 3.05) is 0 Å². The standard InChI is InChI=1S/C9H8FNO2/c1-6(8(10)9(12)13)7-4-2-3-5-11-7/h2-5H,1H3,(H,12,13). The molecule has 0 atom stereocenters. The number of carboxylic acids is 1. The number of aromatic nitrogens is 1. The lowest BCUT2D eigenvalue weighted by molar-refractivity contribution is -0.134. The van der Waals surface area contributed by atoms with Crippen molar-refractivity contribution in [2.24, 2.45) is 0 Å². The third-order valence-electron chi connectivity index (χ3n) is 1.57. The third-order valence-corrected chi connectivity index (χ3v) is 1.57. The van der Waals surface area contributed by atoms with Crippen LogP contribution >= 0.6 is 0 Å². The number of halogens is 1. The van der Waals surface area contributed by atoms with Crippen LogP contribution < -0.4 is 0 Å². The fourth-order valence-electron chi connectivity index (χ4n) is 0.857. The molecule has 13 heavy (non-hydrogen) atoms. The van der Waals surface area contributed by atoms with Crippen molar-refractivity contribution in [3.8, 4) is 0 Å². The van der Waals surface area contributed by atoms with Crippen molar-refractivity contribution in [1.82, 2.24) is 4.98 Å². The highest BCUT2D eigenvalue weighted by Crippen LogP contribution is 2.16. The molecule has 4 heteroatoms. The van der Waals surface area contributed by atoms with Gasteiger partial charge in [-0.05, 0) is 19.1 Å². The maximum Gasteiger partial charge on any atom is 0.365 e. The van der Waals surface area contributed by atoms with Gasteiger partial charge in [-0.15, -0.1) is 0 Å². The van der Waals surface area contributed by atoms with Crippen LogP contribution in [0.2, 0.25) is 0 Å². The molecule has 0 bridgehead atoms. The maximum absolute atomic E-state index is 12.8. The number of hydrogen-bond acceptors (Lipinski definition) is 2. The highest BCUT2D eigenvalue weighted by atomic mass is 19.1. The lowest BCUT2D eigenvalue weighted by atomic mass is 10.2. The molecule has 0 spiro atoms. The summed E-state index contributed by atoms with van der Waals surface area (Å²) in [7, 11) is 0. The Morgan fingerprint density at radius 3 is 2.69 bits per heavy atom. The zero-order valence-electron chi connectivity index (χ0n) is 6.99. The Bertz CT molecular complexity index is 346. The van der Waals surface area contributed by atoms with Gasteiger partial charge < -0.3 is 5.11 Å². The molecule has 1 rings (SSSR count). The first-order valence-electron chi connectivity index (χ1n) is 3.64. The zero-order valence-corrected chi connectivity index (χ0v) is 6.99. The van der Waals surface area contributed by atoms with Gasteiger partial charge in [-0.3, -0.25) is 4.98 Å². The van der Waals surface area contributed by atoms with Crippen LogP contribution in [0.5, 0.6) is 0 Å². The van der Waals surface area contributed by atoms with Crippen LogP contribution in [0.25, 0.3) is 5.57 Å². The summed E-state index contributed by atoms with van der Waals surface area (Å²) in [5.74, 6) is -2.73. The van der Waals surface area contributed by atoms with E-state index < -0.39 is 11.8 Å². The van der Waals surface area contributed by atoms with Crippen LogP contribution in [-0.2, 0) is 4.79 Å². The normalized spacial score (nSPS) is 12.2. The molecule has 0 saturated carbocycles. The zero-order chi connectivity index (χ0) is 9.84. The Labute approximate surface area is 74.5 Å². The molecule has 68 valence electrons. The first kappa shape index (κ1) is 9.38. The van der Waals surface area contributed by atoms with Gasteiger partial charge in [-0.1, -0.05) is 6.07 Å². The Morgan fingerprint density at radius 1 is 1.54 bits per heavy atom. The van der Waals surface area contributed by atoms with Gasteiger partial charge >= 0.3 is 5.97 Å². The van der Waals surface area contributed by atoms with Crippen LogP contribution in [0.4, 0.5) is 4.39 Å². The van der Waals surface area contributed by atoms with Gasteiger partial charge in [0.1, 0.15) is 0 Å². The van der Waals surface area contributed by atoms with Gasteiger partial charge in [0.25, 0.3) is 0 Å². The van der Waals surface area contributed by atoms with Gasteiger partial charge in [-0.25, -0.2) is 4.79 Å². The minimum Gasteiger partial charge on any atom is -0.476 e. The van der Waals surface area contributed by atoms with Gasteiger partial charge in [0.15, 0.2) is 0 Å². The number of rotatable bonds is 2. The molecule has 1 heterocycles. The second-order valence-electron chi connectivity index (χ2n) is 2.46. The summed E-state index contributed by atoms with van der Waals surface area (Å²) in [6, 6.07) is 4.90. The number of carbonyl (C=O) groups is 1. The molecule has 0 amide bonds. The van der Waals surface area contributed by atoms with Crippen LogP contribution in [0.15, 0.2) is 30.2 Å². The number of carboxylic acid groups (broad SMARTS) is 1. The molecule has 1 N–H and O–H groups in total. The highest BCUT2D eigenvalue weighted by molar-refractivity contribution is 5.92. The van der Waals surface area contributed by atoms with Crippen LogP contribution in [-0.4, -0.2) is 16.1 Å². The molecule has 0 unspecified atom stereocenters. The van der Waals surface area contributed by atoms with E-state index in [1.54, 1.807) is 18.2 Å². The molecule has 0 radical (unpaired) electrons. The molecule has 3 nitrogen and oxygen atoms in total. The third kappa shape index (κ3) is 2.11. The highest BCUT2D eigenvalue weighted by Gasteiger charge is 2.11. The summed E-state index contributed by atoms with van der Waals surface area (Å²) < 4.78 is 12.8. The lowest BCUT2D eigenvalue weighted by Crippen LogP contribution is -1.98. The van der Waals surface area contributed by atoms with Gasteiger partial charge in [0, 0.05) is 11.8 Å². The van der Waals surface area contributed by atoms with Crippen LogP contribution in [0.3, 0.4) is 0 Å². The number of hydrogen-bond donors (Lipinski definition) is 1.